The Hall–Kier alpha value is -1.75. The molecule has 0 radical (unpaired) electrons. The van der Waals surface area contributed by atoms with E-state index in [4.69, 9.17) is 28.2 Å². The van der Waals surface area contributed by atoms with Gasteiger partial charge >= 0.3 is 0 Å². The fourth-order valence-electron chi connectivity index (χ4n) is 3.42. The number of aryl methyl sites for hydroxylation is 1. The van der Waals surface area contributed by atoms with E-state index in [9.17, 15) is 4.79 Å². The Morgan fingerprint density at radius 1 is 1.07 bits per heavy atom. The van der Waals surface area contributed by atoms with Gasteiger partial charge in [0.25, 0.3) is 0 Å². The van der Waals surface area contributed by atoms with Crippen molar-refractivity contribution in [3.05, 3.63) is 63.8 Å². The SMILES string of the molecule is O=C(CSc1c2c(nc3cc(Cl)ccc13)CCCC2)Nc1cccc(Cl)c1. The third-order valence-electron chi connectivity index (χ3n) is 4.63. The van der Waals surface area contributed by atoms with Crippen LogP contribution in [0.4, 0.5) is 5.69 Å². The summed E-state index contributed by atoms with van der Waals surface area (Å²) in [5.41, 5.74) is 4.05. The van der Waals surface area contributed by atoms with Gasteiger partial charge in [-0.2, -0.15) is 0 Å². The molecule has 3 nitrogen and oxygen atoms in total. The number of hydrogen-bond acceptors (Lipinski definition) is 3. The van der Waals surface area contributed by atoms with Crippen LogP contribution < -0.4 is 5.32 Å². The van der Waals surface area contributed by atoms with E-state index in [1.54, 1.807) is 23.9 Å². The molecule has 138 valence electrons. The average Bonchev–Trinajstić information content (AvgIpc) is 2.65. The summed E-state index contributed by atoms with van der Waals surface area (Å²) >= 11 is 13.7. The number of carbonyl (C=O) groups excluding carboxylic acids is 1. The van der Waals surface area contributed by atoms with Gasteiger partial charge in [0.15, 0.2) is 0 Å². The van der Waals surface area contributed by atoms with Crippen LogP contribution in [0.15, 0.2) is 47.4 Å². The average molecular weight is 417 g/mol. The standard InChI is InChI=1S/C21H18Cl2N2OS/c22-13-4-3-5-15(10-13)24-20(26)12-27-21-16-6-1-2-7-18(16)25-19-11-14(23)8-9-17(19)21/h3-5,8-11H,1-2,6-7,12H2,(H,24,26). The molecule has 0 atom stereocenters. The molecule has 0 fully saturated rings. The van der Waals surface area contributed by atoms with Crippen molar-refractivity contribution in [3.63, 3.8) is 0 Å². The highest BCUT2D eigenvalue weighted by molar-refractivity contribution is 8.00. The monoisotopic (exact) mass is 416 g/mol. The van der Waals surface area contributed by atoms with Gasteiger partial charge in [0.1, 0.15) is 0 Å². The molecule has 1 aliphatic carbocycles. The molecule has 1 heterocycles. The third kappa shape index (κ3) is 4.23. The second-order valence-corrected chi connectivity index (χ2v) is 8.44. The molecule has 0 spiro atoms. The Labute approximate surface area is 172 Å². The fraction of sp³-hybridized carbons (Fsp3) is 0.238. The van der Waals surface area contributed by atoms with E-state index in [-0.39, 0.29) is 5.91 Å². The van der Waals surface area contributed by atoms with Crippen LogP contribution >= 0.6 is 35.0 Å². The lowest BCUT2D eigenvalue weighted by Crippen LogP contribution is -2.15. The minimum Gasteiger partial charge on any atom is -0.325 e. The molecule has 0 aliphatic heterocycles. The number of aromatic nitrogens is 1. The number of pyridine rings is 1. The largest absolute Gasteiger partial charge is 0.325 e. The second-order valence-electron chi connectivity index (χ2n) is 6.58. The van der Waals surface area contributed by atoms with Crippen LogP contribution in [0.3, 0.4) is 0 Å². The molecule has 0 saturated heterocycles. The number of carbonyl (C=O) groups is 1. The van der Waals surface area contributed by atoms with E-state index < -0.39 is 0 Å². The maximum absolute atomic E-state index is 12.4. The lowest BCUT2D eigenvalue weighted by atomic mass is 9.94. The van der Waals surface area contributed by atoms with Crippen LogP contribution in [0.1, 0.15) is 24.1 Å². The fourth-order valence-corrected chi connectivity index (χ4v) is 4.85. The van der Waals surface area contributed by atoms with Crippen molar-refractivity contribution >= 4 is 57.5 Å². The van der Waals surface area contributed by atoms with Crippen LogP contribution in [0.2, 0.25) is 10.0 Å². The first-order valence-electron chi connectivity index (χ1n) is 8.89. The zero-order chi connectivity index (χ0) is 18.8. The van der Waals surface area contributed by atoms with Gasteiger partial charge < -0.3 is 5.32 Å². The number of fused-ring (bicyclic) bond motifs is 2. The predicted octanol–water partition coefficient (Wildman–Crippen LogP) is 6.15. The number of amides is 1. The van der Waals surface area contributed by atoms with Gasteiger partial charge in [-0.1, -0.05) is 35.3 Å². The Morgan fingerprint density at radius 2 is 1.89 bits per heavy atom. The number of anilines is 1. The second kappa shape index (κ2) is 8.09. The number of hydrogen-bond donors (Lipinski definition) is 1. The topological polar surface area (TPSA) is 42.0 Å². The molecular formula is C21H18Cl2N2OS. The first-order valence-corrected chi connectivity index (χ1v) is 10.6. The first-order chi connectivity index (χ1) is 13.1. The van der Waals surface area contributed by atoms with Gasteiger partial charge in [-0.15, -0.1) is 11.8 Å². The molecule has 4 rings (SSSR count). The van der Waals surface area contributed by atoms with Crippen LogP contribution in [-0.4, -0.2) is 16.6 Å². The Balaban J connectivity index is 1.60. The van der Waals surface area contributed by atoms with E-state index >= 15 is 0 Å². The molecule has 0 saturated carbocycles. The van der Waals surface area contributed by atoms with E-state index in [0.29, 0.717) is 21.5 Å². The van der Waals surface area contributed by atoms with Crippen molar-refractivity contribution in [2.75, 3.05) is 11.1 Å². The summed E-state index contributed by atoms with van der Waals surface area (Å²) in [5, 5.41) is 5.26. The molecule has 1 amide bonds. The number of nitrogens with zero attached hydrogens (tertiary/aromatic N) is 1. The lowest BCUT2D eigenvalue weighted by Gasteiger charge is -2.20. The van der Waals surface area contributed by atoms with Gasteiger partial charge in [-0.25, -0.2) is 0 Å². The molecule has 0 unspecified atom stereocenters. The van der Waals surface area contributed by atoms with Crippen LogP contribution in [0.5, 0.6) is 0 Å². The molecule has 1 N–H and O–H groups in total. The van der Waals surface area contributed by atoms with E-state index in [1.807, 2.05) is 30.3 Å². The Kier molecular flexibility index (Phi) is 5.58. The predicted molar refractivity (Wildman–Crippen MR) is 114 cm³/mol. The van der Waals surface area contributed by atoms with Gasteiger partial charge in [-0.3, -0.25) is 9.78 Å². The summed E-state index contributed by atoms with van der Waals surface area (Å²) < 4.78 is 0. The van der Waals surface area contributed by atoms with Crippen molar-refractivity contribution in [2.45, 2.75) is 30.6 Å². The molecule has 2 aromatic carbocycles. The number of halogens is 2. The molecule has 1 aromatic heterocycles. The maximum Gasteiger partial charge on any atom is 0.234 e. The Morgan fingerprint density at radius 3 is 2.74 bits per heavy atom. The summed E-state index contributed by atoms with van der Waals surface area (Å²) in [6, 6.07) is 13.0. The van der Waals surface area contributed by atoms with Gasteiger partial charge in [-0.05, 0) is 61.6 Å². The summed E-state index contributed by atoms with van der Waals surface area (Å²) in [6.07, 6.45) is 4.32. The number of benzene rings is 2. The lowest BCUT2D eigenvalue weighted by molar-refractivity contribution is -0.113. The van der Waals surface area contributed by atoms with Crippen molar-refractivity contribution in [1.29, 1.82) is 0 Å². The zero-order valence-corrected chi connectivity index (χ0v) is 16.9. The normalized spacial score (nSPS) is 13.4. The van der Waals surface area contributed by atoms with Crippen molar-refractivity contribution in [1.82, 2.24) is 4.98 Å². The molecule has 27 heavy (non-hydrogen) atoms. The number of nitrogens with one attached hydrogen (secondary N) is 1. The zero-order valence-electron chi connectivity index (χ0n) is 14.6. The summed E-state index contributed by atoms with van der Waals surface area (Å²) in [5.74, 6) is 0.284. The quantitative estimate of drug-likeness (QED) is 0.518. The molecule has 1 aliphatic rings. The van der Waals surface area contributed by atoms with Gasteiger partial charge in [0.2, 0.25) is 5.91 Å². The van der Waals surface area contributed by atoms with E-state index in [1.165, 1.54) is 5.56 Å². The van der Waals surface area contributed by atoms with Crippen molar-refractivity contribution < 1.29 is 4.79 Å². The smallest absolute Gasteiger partial charge is 0.234 e. The summed E-state index contributed by atoms with van der Waals surface area (Å²) in [6.45, 7) is 0. The third-order valence-corrected chi connectivity index (χ3v) is 6.26. The summed E-state index contributed by atoms with van der Waals surface area (Å²) in [7, 11) is 0. The number of rotatable bonds is 4. The van der Waals surface area contributed by atoms with Crippen LogP contribution in [0.25, 0.3) is 10.9 Å². The molecule has 6 heteroatoms. The highest BCUT2D eigenvalue weighted by Crippen LogP contribution is 2.36. The molecule has 0 bridgehead atoms. The van der Waals surface area contributed by atoms with Gasteiger partial charge in [0.05, 0.1) is 11.3 Å². The van der Waals surface area contributed by atoms with Crippen molar-refractivity contribution in [3.8, 4) is 0 Å². The summed E-state index contributed by atoms with van der Waals surface area (Å²) in [4.78, 5) is 18.4. The minimum atomic E-state index is -0.0502. The first kappa shape index (κ1) is 18.6. The molecular weight excluding hydrogens is 399 g/mol. The molecule has 3 aromatic rings. The van der Waals surface area contributed by atoms with Crippen LogP contribution in [-0.2, 0) is 17.6 Å². The van der Waals surface area contributed by atoms with E-state index in [2.05, 4.69) is 5.32 Å². The number of thioether (sulfide) groups is 1. The highest BCUT2D eigenvalue weighted by atomic mass is 35.5. The Bertz CT molecular complexity index is 1020. The minimum absolute atomic E-state index is 0.0502. The highest BCUT2D eigenvalue weighted by Gasteiger charge is 2.19. The van der Waals surface area contributed by atoms with Gasteiger partial charge in [0, 0.05) is 31.7 Å². The van der Waals surface area contributed by atoms with E-state index in [0.717, 1.165) is 47.2 Å². The van der Waals surface area contributed by atoms with Crippen LogP contribution in [0, 0.1) is 0 Å². The van der Waals surface area contributed by atoms with Crippen molar-refractivity contribution in [2.24, 2.45) is 0 Å². The maximum atomic E-state index is 12.4.